The van der Waals surface area contributed by atoms with Gasteiger partial charge in [0.15, 0.2) is 23.1 Å². The Morgan fingerprint density at radius 3 is 1.14 bits per heavy atom. The van der Waals surface area contributed by atoms with Crippen LogP contribution in [0.15, 0.2) is 133 Å². The summed E-state index contributed by atoms with van der Waals surface area (Å²) in [5, 5.41) is -0.672. The second-order valence-corrected chi connectivity index (χ2v) is 41.0. The summed E-state index contributed by atoms with van der Waals surface area (Å²) in [6.45, 7) is 26.9. The summed E-state index contributed by atoms with van der Waals surface area (Å²) in [6, 6.07) is 29.2. The van der Waals surface area contributed by atoms with Crippen molar-refractivity contribution in [3.8, 4) is 69.0 Å². The number of carbonyl (C=O) groups excluding carboxylic acids is 2. The number of benzene rings is 6. The van der Waals surface area contributed by atoms with Crippen LogP contribution < -0.4 is 57.5 Å². The van der Waals surface area contributed by atoms with Gasteiger partial charge in [-0.05, 0) is 227 Å². The standard InChI is InChI=1S/2C52H56ClF4N7O6/c2*1-29-22-51(19-8-20-62(51)23-29)28-69-48-59-45-40-46(68-27-37-36-18-13-33(26-63(37)47(40)60-48)64(36)49(65)70-50(3,4)5)42(53)39(43(45)54)44-41(52(55,56)57)30(2)21-38(58-44)61(24-31-9-14-34(66-6)15-10-31)25-32-11-16-35(67-7)17-12-32/h2*9-12,14-17,21,33,36-37H,1,8,13,18-20,22-28H2,2-7H3/t2*33-,36+,37-,51+/m11/s1. The fourth-order valence-electron chi connectivity index (χ4n) is 22.4. The molecule has 14 heterocycles. The van der Waals surface area contributed by atoms with E-state index in [4.69, 9.17) is 90.5 Å². The third-order valence-electron chi connectivity index (χ3n) is 28.7. The second-order valence-electron chi connectivity index (χ2n) is 40.3. The van der Waals surface area contributed by atoms with E-state index >= 15 is 35.1 Å². The van der Waals surface area contributed by atoms with E-state index in [9.17, 15) is 9.59 Å². The van der Waals surface area contributed by atoms with E-state index in [1.807, 2.05) is 110 Å². The summed E-state index contributed by atoms with van der Waals surface area (Å²) in [4.78, 5) is 72.2. The van der Waals surface area contributed by atoms with Gasteiger partial charge < -0.3 is 67.0 Å². The third-order valence-corrected chi connectivity index (χ3v) is 29.4. The number of fused-ring (bicyclic) bond motifs is 12. The van der Waals surface area contributed by atoms with Crippen LogP contribution in [0, 0.1) is 25.5 Å². The Bertz CT molecular complexity index is 6010. The van der Waals surface area contributed by atoms with Gasteiger partial charge in [0.25, 0.3) is 0 Å². The SMILES string of the molecule is C=C1CN2CCC[C@@]2(COc2nc3c4c(c(Cl)c(-c5nc(N(Cc6ccc(OC)cc6)Cc6ccc(OC)cc6)cc(C)c5C(F)(F)F)c(F)c4n2)OC[C@@H]2[C@@H]4CC[C@H](CN32)N4C(=O)OC(C)(C)C)C1.C=C1CN2CCC[C@@]2(COc2nc3c4c(c(Cl)c(-c5nc(N(Cc6ccc(OC)cc6)Cc6ccc(OC)cc6)cc(C)c5C(F)(F)F)c(F)c4n2)OC[C@@H]2[C@@H]4CC[C@H](CN32)N4C(=O)OC(C)(C)C)C1. The number of nitrogens with zero attached hydrogens (tertiary/aromatic N) is 14. The Morgan fingerprint density at radius 2 is 0.821 bits per heavy atom. The van der Waals surface area contributed by atoms with Crippen LogP contribution in [0.2, 0.25) is 10.0 Å². The van der Waals surface area contributed by atoms with Gasteiger partial charge in [-0.25, -0.2) is 28.3 Å². The molecule has 4 bridgehead atoms. The van der Waals surface area contributed by atoms with Crippen LogP contribution in [0.4, 0.5) is 68.0 Å². The number of ether oxygens (including phenoxy) is 10. The zero-order valence-electron chi connectivity index (χ0n) is 80.2. The summed E-state index contributed by atoms with van der Waals surface area (Å²) < 4.78 is 190. The zero-order valence-corrected chi connectivity index (χ0v) is 81.7. The molecule has 8 fully saturated rings. The van der Waals surface area contributed by atoms with Crippen molar-refractivity contribution < 1.29 is 92.1 Å². The number of amides is 2. The Kier molecular flexibility index (Phi) is 25.8. The molecular weight excluding hydrogens is 1860 g/mol. The molecule has 10 aliphatic rings. The highest BCUT2D eigenvalue weighted by Crippen LogP contribution is 2.57. The van der Waals surface area contributed by atoms with E-state index in [0.29, 0.717) is 61.5 Å². The first-order valence-corrected chi connectivity index (χ1v) is 48.0. The fraction of sp³-hybridized carbons (Fsp3) is 0.462. The van der Waals surface area contributed by atoms with Gasteiger partial charge in [-0.2, -0.15) is 46.3 Å². The highest BCUT2D eigenvalue weighted by atomic mass is 35.5. The van der Waals surface area contributed by atoms with Gasteiger partial charge in [0.1, 0.15) is 94.9 Å². The number of alkyl halides is 6. The first kappa shape index (κ1) is 96.7. The molecule has 8 atom stereocenters. The minimum absolute atomic E-state index is 0.0700. The van der Waals surface area contributed by atoms with Crippen LogP contribution in [0.3, 0.4) is 0 Å². The predicted molar refractivity (Wildman–Crippen MR) is 515 cm³/mol. The molecule has 0 spiro atoms. The van der Waals surface area contributed by atoms with E-state index in [0.717, 1.165) is 85.3 Å². The molecular formula is C104H112Cl2F8N14O12. The Balaban J connectivity index is 0.000000178. The summed E-state index contributed by atoms with van der Waals surface area (Å²) in [7, 11) is 6.24. The van der Waals surface area contributed by atoms with E-state index < -0.39 is 115 Å². The lowest BCUT2D eigenvalue weighted by Crippen LogP contribution is -2.63. The number of hydrogen-bond acceptors (Lipinski definition) is 24. The van der Waals surface area contributed by atoms with Gasteiger partial charge in [0, 0.05) is 52.4 Å². The molecule has 0 unspecified atom stereocenters. The molecule has 6 aromatic carbocycles. The number of aryl methyl sites for hydroxylation is 2. The summed E-state index contributed by atoms with van der Waals surface area (Å²) >= 11 is 14.6. The average Bonchev–Trinajstić information content (AvgIpc) is 1.40. The number of carbonyl (C=O) groups is 2. The minimum Gasteiger partial charge on any atom is -0.497 e. The quantitative estimate of drug-likeness (QED) is 0.0453. The topological polar surface area (TPSA) is 230 Å². The number of aromatic nitrogens is 6. The minimum atomic E-state index is -5.00. The molecule has 10 aliphatic heterocycles. The summed E-state index contributed by atoms with van der Waals surface area (Å²) in [5.41, 5.74) is -2.91. The van der Waals surface area contributed by atoms with Crippen molar-refractivity contribution in [1.82, 2.24) is 49.5 Å². The summed E-state index contributed by atoms with van der Waals surface area (Å²) in [6.07, 6.45) is -3.28. The predicted octanol–water partition coefficient (Wildman–Crippen LogP) is 21.1. The summed E-state index contributed by atoms with van der Waals surface area (Å²) in [5.74, 6) is 0.830. The molecule has 0 radical (unpaired) electrons. The van der Waals surface area contributed by atoms with Crippen molar-refractivity contribution in [2.24, 2.45) is 0 Å². The number of hydrogen-bond donors (Lipinski definition) is 0. The fourth-order valence-corrected chi connectivity index (χ4v) is 23.1. The zero-order chi connectivity index (χ0) is 98.9. The van der Waals surface area contributed by atoms with Crippen molar-refractivity contribution in [1.29, 1.82) is 0 Å². The van der Waals surface area contributed by atoms with Crippen LogP contribution >= 0.6 is 23.2 Å². The van der Waals surface area contributed by atoms with Gasteiger partial charge >= 0.3 is 36.6 Å². The molecule has 740 valence electrons. The first-order chi connectivity index (χ1) is 66.7. The second kappa shape index (κ2) is 37.4. The third kappa shape index (κ3) is 18.5. The van der Waals surface area contributed by atoms with Crippen molar-refractivity contribution in [2.45, 2.75) is 217 Å². The van der Waals surface area contributed by atoms with Gasteiger partial charge in [-0.15, -0.1) is 0 Å². The lowest BCUT2D eigenvalue weighted by Gasteiger charge is -2.46. The maximum atomic E-state index is 18.2. The van der Waals surface area contributed by atoms with Gasteiger partial charge in [0.05, 0.1) is 130 Å². The van der Waals surface area contributed by atoms with Crippen molar-refractivity contribution in [3.63, 3.8) is 0 Å². The molecule has 140 heavy (non-hydrogen) atoms. The maximum absolute atomic E-state index is 18.2. The van der Waals surface area contributed by atoms with Crippen LogP contribution in [-0.4, -0.2) is 214 Å². The molecule has 10 aromatic rings. The molecule has 2 amide bonds. The molecule has 20 rings (SSSR count). The van der Waals surface area contributed by atoms with Crippen molar-refractivity contribution in [3.05, 3.63) is 200 Å². The first-order valence-electron chi connectivity index (χ1n) is 47.2. The molecule has 0 N–H and O–H groups in total. The van der Waals surface area contributed by atoms with Crippen molar-refractivity contribution in [2.75, 3.05) is 114 Å². The van der Waals surface area contributed by atoms with Gasteiger partial charge in [-0.3, -0.25) is 19.6 Å². The number of halogens is 10. The Hall–Kier alpha value is -12.1. The normalized spacial score (nSPS) is 21.9. The van der Waals surface area contributed by atoms with E-state index in [-0.39, 0.29) is 169 Å². The van der Waals surface area contributed by atoms with Crippen LogP contribution in [-0.2, 0) is 48.0 Å². The smallest absolute Gasteiger partial charge is 0.418 e. The number of anilines is 4. The molecule has 26 nitrogen and oxygen atoms in total. The largest absolute Gasteiger partial charge is 0.497 e. The van der Waals surface area contributed by atoms with Crippen molar-refractivity contribution >= 4 is 80.5 Å². The van der Waals surface area contributed by atoms with E-state index in [1.165, 1.54) is 26.0 Å². The molecule has 4 aromatic heterocycles. The maximum Gasteiger partial charge on any atom is 0.418 e. The van der Waals surface area contributed by atoms with Crippen LogP contribution in [0.1, 0.15) is 150 Å². The Morgan fingerprint density at radius 1 is 0.486 bits per heavy atom. The molecule has 36 heteroatoms. The lowest BCUT2D eigenvalue weighted by molar-refractivity contribution is -0.138. The lowest BCUT2D eigenvalue weighted by atomic mass is 9.94. The Labute approximate surface area is 816 Å². The number of rotatable bonds is 22. The molecule has 0 saturated carbocycles. The van der Waals surface area contributed by atoms with E-state index in [1.54, 1.807) is 86.8 Å². The highest BCUT2D eigenvalue weighted by molar-refractivity contribution is 6.37. The monoisotopic (exact) mass is 1970 g/mol. The molecule has 0 aliphatic carbocycles. The van der Waals surface area contributed by atoms with Gasteiger partial charge in [-0.1, -0.05) is 96.0 Å². The number of methoxy groups -OCH3 is 4. The highest BCUT2D eigenvalue weighted by Gasteiger charge is 2.57. The van der Waals surface area contributed by atoms with Crippen LogP contribution in [0.5, 0.6) is 46.5 Å². The van der Waals surface area contributed by atoms with E-state index in [2.05, 4.69) is 32.9 Å². The number of pyridine rings is 2. The average molecular weight is 1970 g/mol. The molecule has 8 saturated heterocycles. The van der Waals surface area contributed by atoms with Gasteiger partial charge in [0.2, 0.25) is 0 Å². The van der Waals surface area contributed by atoms with Crippen LogP contribution in [0.25, 0.3) is 44.3 Å². The number of piperazine rings is 2.